The molecule has 1 aromatic rings. The predicted octanol–water partition coefficient (Wildman–Crippen LogP) is 2.46. The van der Waals surface area contributed by atoms with Gasteiger partial charge in [-0.15, -0.1) is 0 Å². The number of carbonyl (C=O) groups excluding carboxylic acids is 1. The van der Waals surface area contributed by atoms with E-state index in [2.05, 4.69) is 5.32 Å². The Morgan fingerprint density at radius 3 is 3.05 bits per heavy atom. The molecule has 0 aliphatic carbocycles. The van der Waals surface area contributed by atoms with E-state index < -0.39 is 6.10 Å². The van der Waals surface area contributed by atoms with E-state index >= 15 is 0 Å². The lowest BCUT2D eigenvalue weighted by Crippen LogP contribution is -2.37. The van der Waals surface area contributed by atoms with Gasteiger partial charge in [0, 0.05) is 12.2 Å². The summed E-state index contributed by atoms with van der Waals surface area (Å²) in [6.07, 6.45) is 1.30. The van der Waals surface area contributed by atoms with E-state index in [0.29, 0.717) is 26.4 Å². The highest BCUT2D eigenvalue weighted by Crippen LogP contribution is 2.31. The molecule has 2 atom stereocenters. The Morgan fingerprint density at radius 2 is 2.23 bits per heavy atom. The van der Waals surface area contributed by atoms with E-state index in [4.69, 9.17) is 14.2 Å². The first-order chi connectivity index (χ1) is 10.7. The SMILES string of the molecule is CCOCCOC(C)C(=O)NC1CCCOc2ccccc21. The minimum atomic E-state index is -0.489. The minimum Gasteiger partial charge on any atom is -0.493 e. The molecule has 0 saturated heterocycles. The first kappa shape index (κ1) is 16.8. The molecule has 1 aliphatic heterocycles. The summed E-state index contributed by atoms with van der Waals surface area (Å²) in [5.41, 5.74) is 1.04. The van der Waals surface area contributed by atoms with Crippen molar-refractivity contribution in [2.75, 3.05) is 26.4 Å². The Morgan fingerprint density at radius 1 is 1.41 bits per heavy atom. The maximum absolute atomic E-state index is 12.3. The number of hydrogen-bond donors (Lipinski definition) is 1. The van der Waals surface area contributed by atoms with Gasteiger partial charge in [-0.25, -0.2) is 0 Å². The maximum atomic E-state index is 12.3. The molecule has 0 radical (unpaired) electrons. The van der Waals surface area contributed by atoms with Crippen LogP contribution in [-0.2, 0) is 14.3 Å². The molecular formula is C17H25NO4. The van der Waals surface area contributed by atoms with Crippen molar-refractivity contribution in [3.05, 3.63) is 29.8 Å². The van der Waals surface area contributed by atoms with Crippen molar-refractivity contribution in [2.45, 2.75) is 38.8 Å². The summed E-state index contributed by atoms with van der Waals surface area (Å²) in [6, 6.07) is 7.84. The summed E-state index contributed by atoms with van der Waals surface area (Å²) in [5.74, 6) is 0.758. The fraction of sp³-hybridized carbons (Fsp3) is 0.588. The van der Waals surface area contributed by atoms with Gasteiger partial charge in [-0.3, -0.25) is 4.79 Å². The van der Waals surface area contributed by atoms with Crippen LogP contribution in [0, 0.1) is 0 Å². The molecule has 0 bridgehead atoms. The van der Waals surface area contributed by atoms with E-state index in [1.807, 2.05) is 31.2 Å². The van der Waals surface area contributed by atoms with E-state index in [1.54, 1.807) is 6.92 Å². The first-order valence-corrected chi connectivity index (χ1v) is 7.93. The molecular weight excluding hydrogens is 282 g/mol. The third-order valence-electron chi connectivity index (χ3n) is 3.67. The Kier molecular flexibility index (Phi) is 6.68. The van der Waals surface area contributed by atoms with Crippen LogP contribution in [0.3, 0.4) is 0 Å². The topological polar surface area (TPSA) is 56.8 Å². The van der Waals surface area contributed by atoms with Gasteiger partial charge in [-0.2, -0.15) is 0 Å². The fourth-order valence-corrected chi connectivity index (χ4v) is 2.47. The van der Waals surface area contributed by atoms with Gasteiger partial charge >= 0.3 is 0 Å². The molecule has 5 heteroatoms. The van der Waals surface area contributed by atoms with Crippen molar-refractivity contribution in [3.8, 4) is 5.75 Å². The van der Waals surface area contributed by atoms with Gasteiger partial charge in [0.1, 0.15) is 11.9 Å². The Labute approximate surface area is 131 Å². The van der Waals surface area contributed by atoms with Gasteiger partial charge in [0.2, 0.25) is 5.91 Å². The number of hydrogen-bond acceptors (Lipinski definition) is 4. The summed E-state index contributed by atoms with van der Waals surface area (Å²) in [4.78, 5) is 12.3. The van der Waals surface area contributed by atoms with Crippen LogP contribution in [0.2, 0.25) is 0 Å². The van der Waals surface area contributed by atoms with Gasteiger partial charge in [0.15, 0.2) is 0 Å². The monoisotopic (exact) mass is 307 g/mol. The van der Waals surface area contributed by atoms with Crippen LogP contribution in [-0.4, -0.2) is 38.4 Å². The highest BCUT2D eigenvalue weighted by Gasteiger charge is 2.23. The van der Waals surface area contributed by atoms with E-state index in [9.17, 15) is 4.79 Å². The lowest BCUT2D eigenvalue weighted by Gasteiger charge is -2.21. The van der Waals surface area contributed by atoms with Crippen LogP contribution in [0.1, 0.15) is 38.3 Å². The van der Waals surface area contributed by atoms with Crippen LogP contribution in [0.5, 0.6) is 5.75 Å². The Hall–Kier alpha value is -1.59. The lowest BCUT2D eigenvalue weighted by molar-refractivity contribution is -0.133. The predicted molar refractivity (Wildman–Crippen MR) is 84.0 cm³/mol. The Bertz CT molecular complexity index is 477. The van der Waals surface area contributed by atoms with Crippen molar-refractivity contribution in [1.82, 2.24) is 5.32 Å². The van der Waals surface area contributed by atoms with Crippen LogP contribution in [0.15, 0.2) is 24.3 Å². The average molecular weight is 307 g/mol. The Balaban J connectivity index is 1.90. The van der Waals surface area contributed by atoms with Gasteiger partial charge in [-0.05, 0) is 32.8 Å². The summed E-state index contributed by atoms with van der Waals surface area (Å²) in [7, 11) is 0. The largest absolute Gasteiger partial charge is 0.493 e. The maximum Gasteiger partial charge on any atom is 0.249 e. The van der Waals surface area contributed by atoms with Gasteiger partial charge in [0.25, 0.3) is 0 Å². The molecule has 0 fully saturated rings. The molecule has 22 heavy (non-hydrogen) atoms. The zero-order valence-electron chi connectivity index (χ0n) is 13.3. The zero-order valence-corrected chi connectivity index (χ0v) is 13.3. The molecule has 1 aliphatic rings. The molecule has 1 amide bonds. The third kappa shape index (κ3) is 4.71. The van der Waals surface area contributed by atoms with Crippen LogP contribution in [0.25, 0.3) is 0 Å². The highest BCUT2D eigenvalue weighted by molar-refractivity contribution is 5.80. The number of benzene rings is 1. The molecule has 1 aromatic carbocycles. The van der Waals surface area contributed by atoms with E-state index in [0.717, 1.165) is 24.2 Å². The highest BCUT2D eigenvalue weighted by atomic mass is 16.5. The number of amides is 1. The van der Waals surface area contributed by atoms with Crippen LogP contribution < -0.4 is 10.1 Å². The molecule has 122 valence electrons. The quantitative estimate of drug-likeness (QED) is 0.786. The molecule has 5 nitrogen and oxygen atoms in total. The molecule has 0 aromatic heterocycles. The molecule has 1 N–H and O–H groups in total. The standard InChI is InChI=1S/C17H25NO4/c1-3-20-11-12-21-13(2)17(19)18-15-8-6-10-22-16-9-5-4-7-14(15)16/h4-5,7,9,13,15H,3,6,8,10-12H2,1-2H3,(H,18,19). The molecule has 0 saturated carbocycles. The van der Waals surface area contributed by atoms with Crippen molar-refractivity contribution in [3.63, 3.8) is 0 Å². The summed E-state index contributed by atoms with van der Waals surface area (Å²) in [6.45, 7) is 5.97. The molecule has 2 unspecified atom stereocenters. The third-order valence-corrected chi connectivity index (χ3v) is 3.67. The minimum absolute atomic E-state index is 0.0239. The number of carbonyl (C=O) groups is 1. The number of nitrogens with one attached hydrogen (secondary N) is 1. The summed E-state index contributed by atoms with van der Waals surface area (Å²) < 4.78 is 16.4. The molecule has 1 heterocycles. The van der Waals surface area contributed by atoms with Crippen LogP contribution >= 0.6 is 0 Å². The van der Waals surface area contributed by atoms with Crippen molar-refractivity contribution >= 4 is 5.91 Å². The van der Waals surface area contributed by atoms with E-state index in [-0.39, 0.29) is 11.9 Å². The van der Waals surface area contributed by atoms with Crippen molar-refractivity contribution in [1.29, 1.82) is 0 Å². The lowest BCUT2D eigenvalue weighted by atomic mass is 10.0. The van der Waals surface area contributed by atoms with Crippen molar-refractivity contribution < 1.29 is 19.0 Å². The van der Waals surface area contributed by atoms with Crippen LogP contribution in [0.4, 0.5) is 0 Å². The van der Waals surface area contributed by atoms with Crippen molar-refractivity contribution in [2.24, 2.45) is 0 Å². The second kappa shape index (κ2) is 8.76. The molecule has 2 rings (SSSR count). The first-order valence-electron chi connectivity index (χ1n) is 7.93. The smallest absolute Gasteiger partial charge is 0.249 e. The average Bonchev–Trinajstić information content (AvgIpc) is 2.74. The van der Waals surface area contributed by atoms with Gasteiger partial charge in [0.05, 0.1) is 25.9 Å². The zero-order chi connectivity index (χ0) is 15.8. The second-order valence-electron chi connectivity index (χ2n) is 5.30. The summed E-state index contributed by atoms with van der Waals surface area (Å²) >= 11 is 0. The number of rotatable bonds is 7. The number of para-hydroxylation sites is 1. The fourth-order valence-electron chi connectivity index (χ4n) is 2.47. The van der Waals surface area contributed by atoms with Gasteiger partial charge in [-0.1, -0.05) is 18.2 Å². The van der Waals surface area contributed by atoms with E-state index in [1.165, 1.54) is 0 Å². The second-order valence-corrected chi connectivity index (χ2v) is 5.30. The summed E-state index contributed by atoms with van der Waals surface area (Å²) in [5, 5.41) is 3.07. The number of ether oxygens (including phenoxy) is 3. The normalized spacial score (nSPS) is 18.7. The van der Waals surface area contributed by atoms with Gasteiger partial charge < -0.3 is 19.5 Å². The number of fused-ring (bicyclic) bond motifs is 1. The molecule has 0 spiro atoms.